The summed E-state index contributed by atoms with van der Waals surface area (Å²) in [7, 11) is 1.42. The monoisotopic (exact) mass is 320 g/mol. The van der Waals surface area contributed by atoms with Gasteiger partial charge in [-0.3, -0.25) is 10.1 Å². The number of methoxy groups -OCH3 is 1. The molecule has 0 aliphatic carbocycles. The van der Waals surface area contributed by atoms with E-state index in [-0.39, 0.29) is 25.7 Å². The topological polar surface area (TPSA) is 76.7 Å². The van der Waals surface area contributed by atoms with Crippen molar-refractivity contribution in [3.05, 3.63) is 28.2 Å². The van der Waals surface area contributed by atoms with Crippen molar-refractivity contribution in [2.75, 3.05) is 32.2 Å². The maximum Gasteiger partial charge on any atom is 0.411 e. The molecule has 0 bridgehead atoms. The molecule has 0 aliphatic rings. The van der Waals surface area contributed by atoms with E-state index in [0.717, 1.165) is 0 Å². The zero-order valence-electron chi connectivity index (χ0n) is 10.7. The van der Waals surface area contributed by atoms with E-state index < -0.39 is 6.09 Å². The summed E-state index contributed by atoms with van der Waals surface area (Å²) in [6, 6.07) is 4.66. The van der Waals surface area contributed by atoms with E-state index in [9.17, 15) is 9.59 Å². The number of rotatable bonds is 6. The molecule has 0 saturated carbocycles. The van der Waals surface area contributed by atoms with Gasteiger partial charge < -0.3 is 14.8 Å². The largest absolute Gasteiger partial charge is 0.447 e. The van der Waals surface area contributed by atoms with Gasteiger partial charge >= 0.3 is 6.09 Å². The number of hydrogen-bond donors (Lipinski definition) is 2. The van der Waals surface area contributed by atoms with Crippen LogP contribution in [0.2, 0.25) is 10.0 Å². The van der Waals surface area contributed by atoms with Gasteiger partial charge in [-0.2, -0.15) is 0 Å². The van der Waals surface area contributed by atoms with E-state index in [1.54, 1.807) is 12.1 Å². The third kappa shape index (κ3) is 6.10. The van der Waals surface area contributed by atoms with Crippen LogP contribution in [0.5, 0.6) is 0 Å². The average molecular weight is 321 g/mol. The third-order valence-corrected chi connectivity index (χ3v) is 2.84. The van der Waals surface area contributed by atoms with Crippen LogP contribution in [-0.4, -0.2) is 38.9 Å². The number of carbonyl (C=O) groups is 2. The molecule has 0 atom stereocenters. The normalized spacial score (nSPS) is 9.95. The molecule has 2 amide bonds. The summed E-state index contributed by atoms with van der Waals surface area (Å²) in [6.45, 7) is 0.217. The van der Waals surface area contributed by atoms with Crippen molar-refractivity contribution in [2.24, 2.45) is 0 Å². The lowest BCUT2D eigenvalue weighted by molar-refractivity contribution is -0.124. The highest BCUT2D eigenvalue weighted by atomic mass is 35.5. The number of carbonyl (C=O) groups excluding carboxylic acids is 2. The second-order valence-corrected chi connectivity index (χ2v) is 4.49. The van der Waals surface area contributed by atoms with E-state index in [0.29, 0.717) is 15.7 Å². The molecule has 0 unspecified atom stereocenters. The first-order valence-electron chi connectivity index (χ1n) is 5.67. The quantitative estimate of drug-likeness (QED) is 0.788. The van der Waals surface area contributed by atoms with E-state index in [4.69, 9.17) is 27.9 Å². The first-order valence-corrected chi connectivity index (χ1v) is 6.43. The smallest absolute Gasteiger partial charge is 0.411 e. The van der Waals surface area contributed by atoms with Crippen molar-refractivity contribution >= 4 is 40.9 Å². The van der Waals surface area contributed by atoms with Gasteiger partial charge in [0.05, 0.1) is 16.6 Å². The Labute approximate surface area is 126 Å². The molecule has 2 N–H and O–H groups in total. The number of hydrogen-bond acceptors (Lipinski definition) is 4. The molecule has 1 aromatic rings. The standard InChI is InChI=1S/C12H14Cl2N2O4/c1-19-7-11(17)15-4-5-20-12(18)16-8-2-3-9(13)10(14)6-8/h2-3,6H,4-5,7H2,1H3,(H,15,17)(H,16,18). The minimum Gasteiger partial charge on any atom is -0.447 e. The number of benzene rings is 1. The summed E-state index contributed by atoms with van der Waals surface area (Å²) in [5, 5.41) is 5.72. The van der Waals surface area contributed by atoms with E-state index in [1.165, 1.54) is 13.2 Å². The van der Waals surface area contributed by atoms with E-state index in [2.05, 4.69) is 15.4 Å². The van der Waals surface area contributed by atoms with E-state index >= 15 is 0 Å². The number of ether oxygens (including phenoxy) is 2. The van der Waals surface area contributed by atoms with Gasteiger partial charge in [0, 0.05) is 12.8 Å². The molecule has 8 heteroatoms. The van der Waals surface area contributed by atoms with Crippen LogP contribution in [-0.2, 0) is 14.3 Å². The molecule has 1 aromatic carbocycles. The lowest BCUT2D eigenvalue weighted by atomic mass is 10.3. The summed E-state index contributed by atoms with van der Waals surface area (Å²) in [5.41, 5.74) is 0.466. The van der Waals surface area contributed by atoms with Crippen molar-refractivity contribution in [2.45, 2.75) is 0 Å². The Balaban J connectivity index is 2.26. The first kappa shape index (κ1) is 16.6. The molecular weight excluding hydrogens is 307 g/mol. The van der Waals surface area contributed by atoms with E-state index in [1.807, 2.05) is 0 Å². The van der Waals surface area contributed by atoms with Crippen LogP contribution in [0.25, 0.3) is 0 Å². The van der Waals surface area contributed by atoms with Crippen molar-refractivity contribution < 1.29 is 19.1 Å². The molecule has 0 aromatic heterocycles. The highest BCUT2D eigenvalue weighted by Gasteiger charge is 2.05. The molecule has 1 rings (SSSR count). The fourth-order valence-corrected chi connectivity index (χ4v) is 1.54. The molecule has 110 valence electrons. The molecule has 6 nitrogen and oxygen atoms in total. The van der Waals surface area contributed by atoms with Crippen molar-refractivity contribution in [1.82, 2.24) is 5.32 Å². The van der Waals surface area contributed by atoms with Gasteiger partial charge in [0.2, 0.25) is 5.91 Å². The summed E-state index contributed by atoms with van der Waals surface area (Å²) in [4.78, 5) is 22.5. The van der Waals surface area contributed by atoms with Gasteiger partial charge in [0.1, 0.15) is 13.2 Å². The van der Waals surface area contributed by atoms with Crippen LogP contribution in [0, 0.1) is 0 Å². The Kier molecular flexibility index (Phi) is 7.14. The summed E-state index contributed by atoms with van der Waals surface area (Å²) in [5.74, 6) is -0.277. The molecule has 0 aliphatic heterocycles. The zero-order chi connectivity index (χ0) is 15.0. The minimum absolute atomic E-state index is 0.0323. The van der Waals surface area contributed by atoms with Crippen molar-refractivity contribution in [1.29, 1.82) is 0 Å². The second-order valence-electron chi connectivity index (χ2n) is 3.67. The molecule has 0 heterocycles. The number of anilines is 1. The second kappa shape index (κ2) is 8.63. The van der Waals surface area contributed by atoms with Crippen LogP contribution in [0.4, 0.5) is 10.5 Å². The first-order chi connectivity index (χ1) is 9.52. The Morgan fingerprint density at radius 3 is 2.65 bits per heavy atom. The number of halogens is 2. The van der Waals surface area contributed by atoms with Gasteiger partial charge in [-0.05, 0) is 18.2 Å². The molecule has 0 spiro atoms. The van der Waals surface area contributed by atoms with Crippen molar-refractivity contribution in [3.8, 4) is 0 Å². The minimum atomic E-state index is -0.649. The Morgan fingerprint density at radius 2 is 2.00 bits per heavy atom. The summed E-state index contributed by atoms with van der Waals surface area (Å²) >= 11 is 11.6. The highest BCUT2D eigenvalue weighted by Crippen LogP contribution is 2.24. The lowest BCUT2D eigenvalue weighted by Gasteiger charge is -2.08. The van der Waals surface area contributed by atoms with Crippen molar-refractivity contribution in [3.63, 3.8) is 0 Å². The molecule has 0 radical (unpaired) electrons. The highest BCUT2D eigenvalue weighted by molar-refractivity contribution is 6.42. The number of nitrogens with one attached hydrogen (secondary N) is 2. The van der Waals surface area contributed by atoms with Gasteiger partial charge in [-0.15, -0.1) is 0 Å². The molecular formula is C12H14Cl2N2O4. The molecule has 0 saturated heterocycles. The zero-order valence-corrected chi connectivity index (χ0v) is 12.3. The average Bonchev–Trinajstić information content (AvgIpc) is 2.39. The van der Waals surface area contributed by atoms with Crippen LogP contribution >= 0.6 is 23.2 Å². The van der Waals surface area contributed by atoms with Crippen LogP contribution in [0.1, 0.15) is 0 Å². The summed E-state index contributed by atoms with van der Waals surface area (Å²) < 4.78 is 9.49. The fraction of sp³-hybridized carbons (Fsp3) is 0.333. The molecule has 0 fully saturated rings. The summed E-state index contributed by atoms with van der Waals surface area (Å²) in [6.07, 6.45) is -0.649. The maximum absolute atomic E-state index is 11.4. The predicted molar refractivity (Wildman–Crippen MR) is 76.3 cm³/mol. The third-order valence-electron chi connectivity index (χ3n) is 2.10. The predicted octanol–water partition coefficient (Wildman–Crippen LogP) is 2.30. The van der Waals surface area contributed by atoms with Gasteiger partial charge in [-0.25, -0.2) is 4.79 Å². The van der Waals surface area contributed by atoms with Gasteiger partial charge in [-0.1, -0.05) is 23.2 Å². The van der Waals surface area contributed by atoms with Gasteiger partial charge in [0.15, 0.2) is 0 Å². The Hall–Kier alpha value is -1.50. The Bertz CT molecular complexity index is 483. The SMILES string of the molecule is COCC(=O)NCCOC(=O)Nc1ccc(Cl)c(Cl)c1. The van der Waals surface area contributed by atoms with Gasteiger partial charge in [0.25, 0.3) is 0 Å². The maximum atomic E-state index is 11.4. The molecule has 20 heavy (non-hydrogen) atoms. The van der Waals surface area contributed by atoms with Crippen LogP contribution in [0.15, 0.2) is 18.2 Å². The fourth-order valence-electron chi connectivity index (χ4n) is 1.24. The van der Waals surface area contributed by atoms with Crippen LogP contribution in [0.3, 0.4) is 0 Å². The lowest BCUT2D eigenvalue weighted by Crippen LogP contribution is -2.31. The number of amides is 2. The Morgan fingerprint density at radius 1 is 1.25 bits per heavy atom. The van der Waals surface area contributed by atoms with Crippen LogP contribution < -0.4 is 10.6 Å².